The third-order valence-electron chi connectivity index (χ3n) is 5.04. The predicted molar refractivity (Wildman–Crippen MR) is 87.4 cm³/mol. The second-order valence-electron chi connectivity index (χ2n) is 6.79. The SMILES string of the molecule is CCC(C)c1ccc2c(c1)C(C)(C)c1cc(C)ccc1-2. The van der Waals surface area contributed by atoms with Crippen LogP contribution in [0.15, 0.2) is 36.4 Å². The van der Waals surface area contributed by atoms with E-state index in [1.165, 1.54) is 39.8 Å². The molecule has 0 saturated carbocycles. The largest absolute Gasteiger partial charge is 0.0648 e. The number of hydrogen-bond donors (Lipinski definition) is 0. The van der Waals surface area contributed by atoms with E-state index in [0.29, 0.717) is 5.92 Å². The normalized spacial score (nSPS) is 16.6. The van der Waals surface area contributed by atoms with E-state index >= 15 is 0 Å². The first-order chi connectivity index (χ1) is 9.45. The van der Waals surface area contributed by atoms with Crippen molar-refractivity contribution in [1.29, 1.82) is 0 Å². The molecule has 1 aliphatic carbocycles. The maximum atomic E-state index is 2.44. The molecule has 0 saturated heterocycles. The van der Waals surface area contributed by atoms with Crippen LogP contribution >= 0.6 is 0 Å². The molecule has 2 aromatic carbocycles. The topological polar surface area (TPSA) is 0 Å². The van der Waals surface area contributed by atoms with Crippen LogP contribution in [-0.4, -0.2) is 0 Å². The first kappa shape index (κ1) is 13.4. The average molecular weight is 264 g/mol. The van der Waals surface area contributed by atoms with Gasteiger partial charge >= 0.3 is 0 Å². The fraction of sp³-hybridized carbons (Fsp3) is 0.400. The van der Waals surface area contributed by atoms with E-state index in [9.17, 15) is 0 Å². The lowest BCUT2D eigenvalue weighted by Crippen LogP contribution is -2.15. The summed E-state index contributed by atoms with van der Waals surface area (Å²) in [6.07, 6.45) is 1.20. The van der Waals surface area contributed by atoms with Gasteiger partial charge in [-0.2, -0.15) is 0 Å². The van der Waals surface area contributed by atoms with Crippen molar-refractivity contribution in [2.45, 2.75) is 52.4 Å². The number of rotatable bonds is 2. The monoisotopic (exact) mass is 264 g/mol. The standard InChI is InChI=1S/C20H24/c1-6-14(3)15-8-10-17-16-9-7-13(2)11-18(16)20(4,5)19(17)12-15/h7-12,14H,6H2,1-5H3. The predicted octanol–water partition coefficient (Wildman–Crippen LogP) is 5.81. The maximum Gasteiger partial charge on any atom is 0.0159 e. The highest BCUT2D eigenvalue weighted by Gasteiger charge is 2.35. The van der Waals surface area contributed by atoms with Crippen molar-refractivity contribution < 1.29 is 0 Å². The van der Waals surface area contributed by atoms with Crippen LogP contribution in [0, 0.1) is 6.92 Å². The van der Waals surface area contributed by atoms with Gasteiger partial charge in [0.15, 0.2) is 0 Å². The lowest BCUT2D eigenvalue weighted by molar-refractivity contribution is 0.654. The highest BCUT2D eigenvalue weighted by Crippen LogP contribution is 2.49. The Hall–Kier alpha value is -1.56. The molecule has 0 heteroatoms. The summed E-state index contributed by atoms with van der Waals surface area (Å²) < 4.78 is 0. The lowest BCUT2D eigenvalue weighted by Gasteiger charge is -2.23. The molecule has 1 atom stereocenters. The molecular formula is C20H24. The smallest absolute Gasteiger partial charge is 0.0159 e. The highest BCUT2D eigenvalue weighted by atomic mass is 14.4. The minimum absolute atomic E-state index is 0.125. The van der Waals surface area contributed by atoms with Gasteiger partial charge in [0.05, 0.1) is 0 Å². The molecule has 1 unspecified atom stereocenters. The van der Waals surface area contributed by atoms with Crippen molar-refractivity contribution in [3.63, 3.8) is 0 Å². The molecule has 0 N–H and O–H groups in total. The fourth-order valence-electron chi connectivity index (χ4n) is 3.41. The van der Waals surface area contributed by atoms with Crippen molar-refractivity contribution in [1.82, 2.24) is 0 Å². The van der Waals surface area contributed by atoms with Crippen LogP contribution in [0.1, 0.15) is 62.3 Å². The van der Waals surface area contributed by atoms with Gasteiger partial charge in [0.25, 0.3) is 0 Å². The Morgan fingerprint density at radius 3 is 2.20 bits per heavy atom. The zero-order valence-electron chi connectivity index (χ0n) is 13.2. The van der Waals surface area contributed by atoms with Gasteiger partial charge in [-0.25, -0.2) is 0 Å². The van der Waals surface area contributed by atoms with Gasteiger partial charge in [0.2, 0.25) is 0 Å². The minimum Gasteiger partial charge on any atom is -0.0648 e. The van der Waals surface area contributed by atoms with Gasteiger partial charge in [-0.1, -0.05) is 69.7 Å². The molecule has 0 aromatic heterocycles. The van der Waals surface area contributed by atoms with Gasteiger partial charge < -0.3 is 0 Å². The fourth-order valence-corrected chi connectivity index (χ4v) is 3.41. The molecule has 104 valence electrons. The summed E-state index contributed by atoms with van der Waals surface area (Å²) in [5, 5.41) is 0. The number of hydrogen-bond acceptors (Lipinski definition) is 0. The first-order valence-electron chi connectivity index (χ1n) is 7.71. The number of fused-ring (bicyclic) bond motifs is 3. The zero-order valence-corrected chi connectivity index (χ0v) is 13.2. The Balaban J connectivity index is 2.21. The van der Waals surface area contributed by atoms with Crippen LogP contribution in [0.5, 0.6) is 0 Å². The van der Waals surface area contributed by atoms with Gasteiger partial charge in [-0.05, 0) is 47.1 Å². The summed E-state index contributed by atoms with van der Waals surface area (Å²) in [5.74, 6) is 0.640. The molecule has 0 radical (unpaired) electrons. The summed E-state index contributed by atoms with van der Waals surface area (Å²) >= 11 is 0. The molecule has 3 rings (SSSR count). The summed E-state index contributed by atoms with van der Waals surface area (Å²) in [6, 6.07) is 14.0. The molecule has 2 aromatic rings. The van der Waals surface area contributed by atoms with E-state index in [2.05, 4.69) is 71.0 Å². The first-order valence-corrected chi connectivity index (χ1v) is 7.71. The van der Waals surface area contributed by atoms with Crippen molar-refractivity contribution in [3.8, 4) is 11.1 Å². The minimum atomic E-state index is 0.125. The maximum absolute atomic E-state index is 2.44. The van der Waals surface area contributed by atoms with E-state index in [1.54, 1.807) is 0 Å². The quantitative estimate of drug-likeness (QED) is 0.641. The highest BCUT2D eigenvalue weighted by molar-refractivity contribution is 5.81. The average Bonchev–Trinajstić information content (AvgIpc) is 2.66. The number of benzene rings is 2. The molecule has 0 aliphatic heterocycles. The molecular weight excluding hydrogens is 240 g/mol. The van der Waals surface area contributed by atoms with E-state index in [1.807, 2.05) is 0 Å². The van der Waals surface area contributed by atoms with Crippen molar-refractivity contribution in [2.24, 2.45) is 0 Å². The molecule has 0 spiro atoms. The molecule has 1 aliphatic rings. The van der Waals surface area contributed by atoms with E-state index in [4.69, 9.17) is 0 Å². The third kappa shape index (κ3) is 1.82. The van der Waals surface area contributed by atoms with Crippen LogP contribution in [0.25, 0.3) is 11.1 Å². The van der Waals surface area contributed by atoms with Crippen LogP contribution < -0.4 is 0 Å². The Morgan fingerprint density at radius 1 is 0.950 bits per heavy atom. The Bertz CT molecular complexity index is 662. The van der Waals surface area contributed by atoms with Crippen LogP contribution in [0.4, 0.5) is 0 Å². The number of aryl methyl sites for hydroxylation is 1. The Kier molecular flexibility index (Phi) is 3.01. The second-order valence-corrected chi connectivity index (χ2v) is 6.79. The van der Waals surface area contributed by atoms with Crippen molar-refractivity contribution in [2.75, 3.05) is 0 Å². The molecule has 0 nitrogen and oxygen atoms in total. The van der Waals surface area contributed by atoms with Gasteiger partial charge in [-0.3, -0.25) is 0 Å². The third-order valence-corrected chi connectivity index (χ3v) is 5.04. The molecule has 0 fully saturated rings. The molecule has 20 heavy (non-hydrogen) atoms. The summed E-state index contributed by atoms with van der Waals surface area (Å²) in [5.41, 5.74) is 8.78. The van der Waals surface area contributed by atoms with Gasteiger partial charge in [-0.15, -0.1) is 0 Å². The summed E-state index contributed by atoms with van der Waals surface area (Å²) in [6.45, 7) is 11.5. The van der Waals surface area contributed by atoms with Gasteiger partial charge in [0.1, 0.15) is 0 Å². The van der Waals surface area contributed by atoms with Crippen LogP contribution in [-0.2, 0) is 5.41 Å². The van der Waals surface area contributed by atoms with Crippen molar-refractivity contribution in [3.05, 3.63) is 58.7 Å². The Morgan fingerprint density at radius 2 is 1.55 bits per heavy atom. The lowest BCUT2D eigenvalue weighted by atomic mass is 9.80. The van der Waals surface area contributed by atoms with Crippen LogP contribution in [0.2, 0.25) is 0 Å². The summed E-state index contributed by atoms with van der Waals surface area (Å²) in [7, 11) is 0. The van der Waals surface area contributed by atoms with E-state index in [0.717, 1.165) is 0 Å². The second kappa shape index (κ2) is 4.48. The summed E-state index contributed by atoms with van der Waals surface area (Å²) in [4.78, 5) is 0. The zero-order chi connectivity index (χ0) is 14.5. The van der Waals surface area contributed by atoms with Crippen LogP contribution in [0.3, 0.4) is 0 Å². The van der Waals surface area contributed by atoms with Crippen molar-refractivity contribution >= 4 is 0 Å². The molecule has 0 amide bonds. The Labute approximate surface area is 122 Å². The van der Waals surface area contributed by atoms with E-state index in [-0.39, 0.29) is 5.41 Å². The van der Waals surface area contributed by atoms with Gasteiger partial charge in [0, 0.05) is 5.41 Å². The van der Waals surface area contributed by atoms with E-state index < -0.39 is 0 Å². The molecule has 0 bridgehead atoms. The molecule has 0 heterocycles.